The van der Waals surface area contributed by atoms with Crippen LogP contribution in [0, 0.1) is 17.1 Å². The molecule has 0 aliphatic rings. The molecule has 0 spiro atoms. The second-order valence-corrected chi connectivity index (χ2v) is 4.18. The minimum atomic E-state index is -4.53. The van der Waals surface area contributed by atoms with Crippen molar-refractivity contribution < 1.29 is 17.6 Å². The lowest BCUT2D eigenvalue weighted by atomic mass is 9.97. The molecule has 0 fully saturated rings. The van der Waals surface area contributed by atoms with Crippen molar-refractivity contribution in [1.82, 2.24) is 0 Å². The molecular formula is C15H9F4N. The Balaban J connectivity index is 2.57. The van der Waals surface area contributed by atoms with E-state index in [-0.39, 0.29) is 17.5 Å². The van der Waals surface area contributed by atoms with Crippen LogP contribution in [0.5, 0.6) is 0 Å². The van der Waals surface area contributed by atoms with Gasteiger partial charge in [0.2, 0.25) is 0 Å². The van der Waals surface area contributed by atoms with Crippen LogP contribution in [0.25, 0.3) is 11.1 Å². The van der Waals surface area contributed by atoms with Crippen molar-refractivity contribution in [1.29, 1.82) is 5.26 Å². The second kappa shape index (κ2) is 5.33. The van der Waals surface area contributed by atoms with Gasteiger partial charge >= 0.3 is 6.18 Å². The van der Waals surface area contributed by atoms with Gasteiger partial charge in [0.25, 0.3) is 0 Å². The third-order valence-corrected chi connectivity index (χ3v) is 2.87. The number of benzene rings is 2. The van der Waals surface area contributed by atoms with E-state index in [4.69, 9.17) is 5.26 Å². The summed E-state index contributed by atoms with van der Waals surface area (Å²) in [6.45, 7) is 0. The predicted octanol–water partition coefficient (Wildman–Crippen LogP) is 4.58. The maximum absolute atomic E-state index is 13.6. The van der Waals surface area contributed by atoms with E-state index in [9.17, 15) is 17.6 Å². The number of alkyl halides is 3. The first kappa shape index (κ1) is 14.1. The first-order valence-corrected chi connectivity index (χ1v) is 5.75. The van der Waals surface area contributed by atoms with E-state index in [1.807, 2.05) is 0 Å². The zero-order valence-corrected chi connectivity index (χ0v) is 10.2. The lowest BCUT2D eigenvalue weighted by Gasteiger charge is -2.13. The molecule has 0 bridgehead atoms. The first-order chi connectivity index (χ1) is 9.43. The number of rotatable bonds is 2. The number of nitrogens with zero attached hydrogens (tertiary/aromatic N) is 1. The number of nitriles is 1. The first-order valence-electron chi connectivity index (χ1n) is 5.75. The van der Waals surface area contributed by atoms with Crippen LogP contribution >= 0.6 is 0 Å². The molecule has 0 amide bonds. The summed E-state index contributed by atoms with van der Waals surface area (Å²) in [6, 6.07) is 10.8. The SMILES string of the molecule is N#CCc1cc(-c2ccccc2F)ccc1C(F)(F)F. The van der Waals surface area contributed by atoms with Gasteiger partial charge in [-0.1, -0.05) is 24.3 Å². The highest BCUT2D eigenvalue weighted by Gasteiger charge is 2.33. The molecule has 20 heavy (non-hydrogen) atoms. The van der Waals surface area contributed by atoms with Gasteiger partial charge in [-0.2, -0.15) is 18.4 Å². The van der Waals surface area contributed by atoms with Crippen LogP contribution in [0.2, 0.25) is 0 Å². The summed E-state index contributed by atoms with van der Waals surface area (Å²) in [6.07, 6.45) is -4.91. The molecule has 1 nitrogen and oxygen atoms in total. The van der Waals surface area contributed by atoms with Crippen LogP contribution in [0.3, 0.4) is 0 Å². The van der Waals surface area contributed by atoms with Gasteiger partial charge in [0, 0.05) is 5.56 Å². The van der Waals surface area contributed by atoms with Gasteiger partial charge in [0.15, 0.2) is 0 Å². The van der Waals surface area contributed by atoms with Gasteiger partial charge in [-0.05, 0) is 29.3 Å². The van der Waals surface area contributed by atoms with E-state index in [0.717, 1.165) is 6.07 Å². The van der Waals surface area contributed by atoms with Gasteiger partial charge in [0.1, 0.15) is 5.82 Å². The smallest absolute Gasteiger partial charge is 0.206 e. The summed E-state index contributed by atoms with van der Waals surface area (Å²) in [5.41, 5.74) is -0.485. The summed E-state index contributed by atoms with van der Waals surface area (Å²) in [4.78, 5) is 0. The highest BCUT2D eigenvalue weighted by molar-refractivity contribution is 5.66. The lowest BCUT2D eigenvalue weighted by Crippen LogP contribution is -2.09. The van der Waals surface area contributed by atoms with Gasteiger partial charge in [-0.25, -0.2) is 4.39 Å². The number of halogens is 4. The summed E-state index contributed by atoms with van der Waals surface area (Å²) in [5.74, 6) is -0.518. The van der Waals surface area contributed by atoms with Crippen LogP contribution in [0.1, 0.15) is 11.1 Å². The molecule has 0 saturated heterocycles. The molecule has 2 aromatic carbocycles. The van der Waals surface area contributed by atoms with E-state index >= 15 is 0 Å². The minimum Gasteiger partial charge on any atom is -0.206 e. The van der Waals surface area contributed by atoms with Gasteiger partial charge in [-0.3, -0.25) is 0 Å². The number of hydrogen-bond donors (Lipinski definition) is 0. The van der Waals surface area contributed by atoms with Crippen LogP contribution in [0.15, 0.2) is 42.5 Å². The van der Waals surface area contributed by atoms with Crippen LogP contribution in [-0.2, 0) is 12.6 Å². The van der Waals surface area contributed by atoms with Gasteiger partial charge in [0.05, 0.1) is 18.1 Å². The Morgan fingerprint density at radius 3 is 2.35 bits per heavy atom. The van der Waals surface area contributed by atoms with Crippen LogP contribution < -0.4 is 0 Å². The third-order valence-electron chi connectivity index (χ3n) is 2.87. The highest BCUT2D eigenvalue weighted by Crippen LogP contribution is 2.35. The van der Waals surface area contributed by atoms with E-state index in [1.54, 1.807) is 12.1 Å². The van der Waals surface area contributed by atoms with Crippen molar-refractivity contribution in [3.8, 4) is 17.2 Å². The average Bonchev–Trinajstić information content (AvgIpc) is 2.38. The molecule has 0 heterocycles. The fourth-order valence-corrected chi connectivity index (χ4v) is 1.96. The Hall–Kier alpha value is -2.35. The molecule has 5 heteroatoms. The van der Waals surface area contributed by atoms with E-state index in [1.165, 1.54) is 30.3 Å². The van der Waals surface area contributed by atoms with Crippen LogP contribution in [-0.4, -0.2) is 0 Å². The minimum absolute atomic E-state index is 0.152. The van der Waals surface area contributed by atoms with Crippen molar-refractivity contribution in [2.24, 2.45) is 0 Å². The monoisotopic (exact) mass is 279 g/mol. The molecule has 0 saturated carbocycles. The Bertz CT molecular complexity index is 668. The molecule has 0 aromatic heterocycles. The predicted molar refractivity (Wildman–Crippen MR) is 66.2 cm³/mol. The normalized spacial score (nSPS) is 11.2. The fraction of sp³-hybridized carbons (Fsp3) is 0.133. The maximum Gasteiger partial charge on any atom is 0.416 e. The maximum atomic E-state index is 13.6. The molecule has 0 radical (unpaired) electrons. The topological polar surface area (TPSA) is 23.8 Å². The molecule has 2 aromatic rings. The molecule has 0 aliphatic carbocycles. The standard InChI is InChI=1S/C15H9F4N/c16-14-4-2-1-3-12(14)10-5-6-13(15(17,18)19)11(9-10)7-8-20/h1-6,9H,7H2. The van der Waals surface area contributed by atoms with Gasteiger partial charge in [-0.15, -0.1) is 0 Å². The molecule has 0 unspecified atom stereocenters. The molecule has 102 valence electrons. The van der Waals surface area contributed by atoms with Crippen molar-refractivity contribution in [2.45, 2.75) is 12.6 Å². The Labute approximate surface area is 113 Å². The Morgan fingerprint density at radius 1 is 1.05 bits per heavy atom. The van der Waals surface area contributed by atoms with Crippen LogP contribution in [0.4, 0.5) is 17.6 Å². The molecule has 0 atom stereocenters. The highest BCUT2D eigenvalue weighted by atomic mass is 19.4. The Kier molecular flexibility index (Phi) is 3.75. The third kappa shape index (κ3) is 2.80. The molecular weight excluding hydrogens is 270 g/mol. The fourth-order valence-electron chi connectivity index (χ4n) is 1.96. The zero-order chi connectivity index (χ0) is 14.8. The Morgan fingerprint density at radius 2 is 1.75 bits per heavy atom. The quantitative estimate of drug-likeness (QED) is 0.738. The largest absolute Gasteiger partial charge is 0.416 e. The summed E-state index contributed by atoms with van der Waals surface area (Å²) < 4.78 is 52.0. The average molecular weight is 279 g/mol. The summed E-state index contributed by atoms with van der Waals surface area (Å²) >= 11 is 0. The molecule has 0 N–H and O–H groups in total. The lowest BCUT2D eigenvalue weighted by molar-refractivity contribution is -0.138. The molecule has 2 rings (SSSR count). The van der Waals surface area contributed by atoms with Crippen molar-refractivity contribution in [2.75, 3.05) is 0 Å². The van der Waals surface area contributed by atoms with Crippen molar-refractivity contribution >= 4 is 0 Å². The van der Waals surface area contributed by atoms with Crippen molar-refractivity contribution in [3.05, 3.63) is 59.4 Å². The summed E-state index contributed by atoms with van der Waals surface area (Å²) in [7, 11) is 0. The van der Waals surface area contributed by atoms with E-state index < -0.39 is 17.6 Å². The zero-order valence-electron chi connectivity index (χ0n) is 10.2. The van der Waals surface area contributed by atoms with Gasteiger partial charge < -0.3 is 0 Å². The summed E-state index contributed by atoms with van der Waals surface area (Å²) in [5, 5.41) is 8.63. The second-order valence-electron chi connectivity index (χ2n) is 4.18. The van der Waals surface area contributed by atoms with E-state index in [2.05, 4.69) is 0 Å². The number of hydrogen-bond acceptors (Lipinski definition) is 1. The van der Waals surface area contributed by atoms with E-state index in [0.29, 0.717) is 5.56 Å². The van der Waals surface area contributed by atoms with Crippen molar-refractivity contribution in [3.63, 3.8) is 0 Å². The molecule has 0 aliphatic heterocycles.